The molecule has 0 radical (unpaired) electrons. The standard InChI is InChI=1S/C12H21N5O2S/c1-2-13-6-11-4-3-5-17(9-11)20(18,19)16-12-7-14-10-15-8-12/h7-8,10-11,13,16H,2-6,9H2,1H3. The zero-order valence-electron chi connectivity index (χ0n) is 11.6. The fourth-order valence-electron chi connectivity index (χ4n) is 2.33. The molecule has 1 unspecified atom stereocenters. The smallest absolute Gasteiger partial charge is 0.301 e. The van der Waals surface area contributed by atoms with Crippen molar-refractivity contribution in [2.45, 2.75) is 19.8 Å². The van der Waals surface area contributed by atoms with Crippen LogP contribution in [0.2, 0.25) is 0 Å². The second kappa shape index (κ2) is 6.96. The topological polar surface area (TPSA) is 87.2 Å². The molecule has 20 heavy (non-hydrogen) atoms. The largest absolute Gasteiger partial charge is 0.317 e. The molecular weight excluding hydrogens is 278 g/mol. The molecule has 0 saturated carbocycles. The number of piperidine rings is 1. The van der Waals surface area contributed by atoms with Gasteiger partial charge in [-0.25, -0.2) is 9.97 Å². The predicted octanol–water partition coefficient (Wildman–Crippen LogP) is 0.455. The Morgan fingerprint density at radius 2 is 2.15 bits per heavy atom. The van der Waals surface area contributed by atoms with Crippen molar-refractivity contribution in [3.05, 3.63) is 18.7 Å². The average molecular weight is 299 g/mol. The maximum atomic E-state index is 12.3. The number of rotatable bonds is 6. The van der Waals surface area contributed by atoms with E-state index in [4.69, 9.17) is 0 Å². The van der Waals surface area contributed by atoms with E-state index in [0.717, 1.165) is 25.9 Å². The minimum absolute atomic E-state index is 0.368. The minimum atomic E-state index is -3.52. The Hall–Kier alpha value is -1.25. The highest BCUT2D eigenvalue weighted by molar-refractivity contribution is 7.90. The van der Waals surface area contributed by atoms with Crippen LogP contribution in [-0.4, -0.2) is 48.9 Å². The van der Waals surface area contributed by atoms with Gasteiger partial charge in [0.1, 0.15) is 6.33 Å². The maximum absolute atomic E-state index is 12.3. The highest BCUT2D eigenvalue weighted by Crippen LogP contribution is 2.19. The van der Waals surface area contributed by atoms with Gasteiger partial charge >= 0.3 is 10.2 Å². The summed E-state index contributed by atoms with van der Waals surface area (Å²) in [5, 5.41) is 3.28. The van der Waals surface area contributed by atoms with Gasteiger partial charge in [-0.3, -0.25) is 4.72 Å². The number of hydrogen-bond acceptors (Lipinski definition) is 5. The van der Waals surface area contributed by atoms with Gasteiger partial charge in [0.05, 0.1) is 18.1 Å². The van der Waals surface area contributed by atoms with Gasteiger partial charge in [0.25, 0.3) is 0 Å². The van der Waals surface area contributed by atoms with Crippen LogP contribution in [0.15, 0.2) is 18.7 Å². The summed E-state index contributed by atoms with van der Waals surface area (Å²) in [6, 6.07) is 0. The number of hydrogen-bond donors (Lipinski definition) is 2. The Bertz CT molecular complexity index is 508. The zero-order valence-corrected chi connectivity index (χ0v) is 12.4. The van der Waals surface area contributed by atoms with Crippen LogP contribution < -0.4 is 10.0 Å². The molecular formula is C12H21N5O2S. The van der Waals surface area contributed by atoms with E-state index in [1.54, 1.807) is 0 Å². The Morgan fingerprint density at radius 1 is 1.40 bits per heavy atom. The summed E-state index contributed by atoms with van der Waals surface area (Å²) in [4.78, 5) is 7.61. The zero-order chi connectivity index (χ0) is 14.4. The Morgan fingerprint density at radius 3 is 2.85 bits per heavy atom. The summed E-state index contributed by atoms with van der Waals surface area (Å²) < 4.78 is 28.6. The minimum Gasteiger partial charge on any atom is -0.317 e. The van der Waals surface area contributed by atoms with Crippen molar-refractivity contribution in [3.63, 3.8) is 0 Å². The second-order valence-electron chi connectivity index (χ2n) is 4.91. The molecule has 8 heteroatoms. The molecule has 0 spiro atoms. The van der Waals surface area contributed by atoms with Gasteiger partial charge in [-0.2, -0.15) is 12.7 Å². The highest BCUT2D eigenvalue weighted by atomic mass is 32.2. The molecule has 1 fully saturated rings. The second-order valence-corrected chi connectivity index (χ2v) is 6.58. The van der Waals surface area contributed by atoms with E-state index in [1.165, 1.54) is 23.0 Å². The lowest BCUT2D eigenvalue weighted by Crippen LogP contribution is -2.45. The van der Waals surface area contributed by atoms with E-state index < -0.39 is 10.2 Å². The molecule has 2 heterocycles. The van der Waals surface area contributed by atoms with E-state index in [1.807, 2.05) is 6.92 Å². The molecule has 1 saturated heterocycles. The van der Waals surface area contributed by atoms with Crippen molar-refractivity contribution in [3.8, 4) is 0 Å². The fraction of sp³-hybridized carbons (Fsp3) is 0.667. The summed E-state index contributed by atoms with van der Waals surface area (Å²) >= 11 is 0. The highest BCUT2D eigenvalue weighted by Gasteiger charge is 2.28. The molecule has 1 aromatic heterocycles. The molecule has 2 N–H and O–H groups in total. The Kier molecular flexibility index (Phi) is 5.27. The van der Waals surface area contributed by atoms with E-state index in [9.17, 15) is 8.42 Å². The fourth-order valence-corrected chi connectivity index (χ4v) is 3.63. The number of nitrogens with one attached hydrogen (secondary N) is 2. The summed E-state index contributed by atoms with van der Waals surface area (Å²) in [5.41, 5.74) is 0.390. The van der Waals surface area contributed by atoms with Gasteiger partial charge in [-0.1, -0.05) is 6.92 Å². The molecule has 7 nitrogen and oxygen atoms in total. The lowest BCUT2D eigenvalue weighted by atomic mass is 10.00. The average Bonchev–Trinajstić information content (AvgIpc) is 2.46. The van der Waals surface area contributed by atoms with E-state index in [0.29, 0.717) is 24.7 Å². The quantitative estimate of drug-likeness (QED) is 0.796. The summed E-state index contributed by atoms with van der Waals surface area (Å²) in [5.74, 6) is 0.368. The van der Waals surface area contributed by atoms with Crippen molar-refractivity contribution in [2.75, 3.05) is 30.9 Å². The van der Waals surface area contributed by atoms with Gasteiger partial charge < -0.3 is 5.32 Å². The van der Waals surface area contributed by atoms with Gasteiger partial charge in [-0.05, 0) is 31.8 Å². The molecule has 1 aliphatic heterocycles. The first-order valence-electron chi connectivity index (χ1n) is 6.85. The molecule has 0 aromatic carbocycles. The molecule has 1 atom stereocenters. The molecule has 2 rings (SSSR count). The SMILES string of the molecule is CCNCC1CCCN(S(=O)(=O)Nc2cncnc2)C1. The van der Waals surface area contributed by atoms with Crippen LogP contribution in [0.25, 0.3) is 0 Å². The van der Waals surface area contributed by atoms with Gasteiger partial charge in [0.2, 0.25) is 0 Å². The molecule has 1 aromatic rings. The third kappa shape index (κ3) is 4.12. The van der Waals surface area contributed by atoms with Crippen LogP contribution in [0.4, 0.5) is 5.69 Å². The van der Waals surface area contributed by atoms with Crippen LogP contribution in [0.1, 0.15) is 19.8 Å². The van der Waals surface area contributed by atoms with Gasteiger partial charge in [0, 0.05) is 13.1 Å². The molecule has 0 aliphatic carbocycles. The Labute approximate surface area is 120 Å². The number of nitrogens with zero attached hydrogens (tertiary/aromatic N) is 3. The summed E-state index contributed by atoms with van der Waals surface area (Å²) in [6.07, 6.45) is 6.22. The lowest BCUT2D eigenvalue weighted by molar-refractivity contribution is 0.262. The number of anilines is 1. The molecule has 0 bridgehead atoms. The van der Waals surface area contributed by atoms with Crippen LogP contribution in [-0.2, 0) is 10.2 Å². The van der Waals surface area contributed by atoms with Crippen LogP contribution >= 0.6 is 0 Å². The first kappa shape index (κ1) is 15.1. The monoisotopic (exact) mass is 299 g/mol. The first-order chi connectivity index (χ1) is 9.62. The van der Waals surface area contributed by atoms with E-state index in [-0.39, 0.29) is 0 Å². The number of aromatic nitrogens is 2. The first-order valence-corrected chi connectivity index (χ1v) is 8.29. The van der Waals surface area contributed by atoms with Crippen LogP contribution in [0, 0.1) is 5.92 Å². The lowest BCUT2D eigenvalue weighted by Gasteiger charge is -2.32. The third-order valence-electron chi connectivity index (χ3n) is 3.31. The maximum Gasteiger partial charge on any atom is 0.301 e. The Balaban J connectivity index is 1.98. The van der Waals surface area contributed by atoms with Gasteiger partial charge in [0.15, 0.2) is 0 Å². The normalized spacial score (nSPS) is 20.8. The van der Waals surface area contributed by atoms with Crippen molar-refractivity contribution in [2.24, 2.45) is 5.92 Å². The third-order valence-corrected chi connectivity index (χ3v) is 4.82. The van der Waals surface area contributed by atoms with Crippen molar-refractivity contribution < 1.29 is 8.42 Å². The summed E-state index contributed by atoms with van der Waals surface area (Å²) in [7, 11) is -3.52. The summed E-state index contributed by atoms with van der Waals surface area (Å²) in [6.45, 7) is 4.93. The predicted molar refractivity (Wildman–Crippen MR) is 77.4 cm³/mol. The van der Waals surface area contributed by atoms with Crippen LogP contribution in [0.3, 0.4) is 0 Å². The van der Waals surface area contributed by atoms with Gasteiger partial charge in [-0.15, -0.1) is 0 Å². The van der Waals surface area contributed by atoms with E-state index >= 15 is 0 Å². The molecule has 1 aliphatic rings. The molecule has 0 amide bonds. The van der Waals surface area contributed by atoms with Crippen molar-refractivity contribution >= 4 is 15.9 Å². The van der Waals surface area contributed by atoms with Crippen molar-refractivity contribution in [1.82, 2.24) is 19.6 Å². The van der Waals surface area contributed by atoms with E-state index in [2.05, 4.69) is 20.0 Å². The van der Waals surface area contributed by atoms with Crippen LogP contribution in [0.5, 0.6) is 0 Å². The molecule has 112 valence electrons. The van der Waals surface area contributed by atoms with Crippen molar-refractivity contribution in [1.29, 1.82) is 0 Å².